The standard InChI is InChI=1S/C15H16FNO3S/c1-9(8-21)14(18)17-7-11(6-13(17)15(19)20)10-3-2-4-12(16)5-10/h2-6,9,13,21H,7-8H2,1H3,(H,19,20)/t9-,13?/m1/s1. The SMILES string of the molecule is C[C@H](CS)C(=O)N1CC(c2cccc(F)c2)=CC1C(=O)O. The maximum atomic E-state index is 13.3. The summed E-state index contributed by atoms with van der Waals surface area (Å²) in [5.41, 5.74) is 1.23. The van der Waals surface area contributed by atoms with E-state index in [-0.39, 0.29) is 18.4 Å². The van der Waals surface area contributed by atoms with E-state index in [1.165, 1.54) is 23.1 Å². The Morgan fingerprint density at radius 3 is 2.81 bits per heavy atom. The van der Waals surface area contributed by atoms with Gasteiger partial charge in [0.2, 0.25) is 5.91 Å². The van der Waals surface area contributed by atoms with Crippen LogP contribution in [0.25, 0.3) is 5.57 Å². The van der Waals surface area contributed by atoms with Gasteiger partial charge < -0.3 is 10.0 Å². The summed E-state index contributed by atoms with van der Waals surface area (Å²) in [5, 5.41) is 9.27. The summed E-state index contributed by atoms with van der Waals surface area (Å²) in [6.07, 6.45) is 1.50. The van der Waals surface area contributed by atoms with Crippen LogP contribution >= 0.6 is 12.6 Å². The van der Waals surface area contributed by atoms with E-state index in [2.05, 4.69) is 12.6 Å². The predicted octanol–water partition coefficient (Wildman–Crippen LogP) is 2.07. The van der Waals surface area contributed by atoms with Crippen molar-refractivity contribution in [1.29, 1.82) is 0 Å². The van der Waals surface area contributed by atoms with Crippen LogP contribution in [0.5, 0.6) is 0 Å². The van der Waals surface area contributed by atoms with Crippen molar-refractivity contribution in [3.63, 3.8) is 0 Å². The van der Waals surface area contributed by atoms with Gasteiger partial charge in [-0.25, -0.2) is 9.18 Å². The number of halogens is 1. The van der Waals surface area contributed by atoms with Crippen LogP contribution in [-0.2, 0) is 9.59 Å². The number of carboxylic acids is 1. The Morgan fingerprint density at radius 2 is 2.24 bits per heavy atom. The third-order valence-electron chi connectivity index (χ3n) is 3.46. The maximum Gasteiger partial charge on any atom is 0.330 e. The van der Waals surface area contributed by atoms with Gasteiger partial charge >= 0.3 is 5.97 Å². The lowest BCUT2D eigenvalue weighted by Gasteiger charge is -2.24. The van der Waals surface area contributed by atoms with E-state index >= 15 is 0 Å². The van der Waals surface area contributed by atoms with E-state index < -0.39 is 17.8 Å². The molecule has 0 radical (unpaired) electrons. The highest BCUT2D eigenvalue weighted by Crippen LogP contribution is 2.27. The number of carboxylic acid groups (broad SMARTS) is 1. The van der Waals surface area contributed by atoms with Gasteiger partial charge in [-0.15, -0.1) is 0 Å². The van der Waals surface area contributed by atoms with E-state index in [0.717, 1.165) is 0 Å². The zero-order valence-corrected chi connectivity index (χ0v) is 12.4. The number of nitrogens with zero attached hydrogens (tertiary/aromatic N) is 1. The normalized spacial score (nSPS) is 19.3. The topological polar surface area (TPSA) is 57.6 Å². The van der Waals surface area contributed by atoms with Gasteiger partial charge in [0.15, 0.2) is 0 Å². The number of aliphatic carboxylic acids is 1. The fraction of sp³-hybridized carbons (Fsp3) is 0.333. The lowest BCUT2D eigenvalue weighted by molar-refractivity contribution is -0.148. The van der Waals surface area contributed by atoms with E-state index in [9.17, 15) is 19.1 Å². The molecule has 0 saturated carbocycles. The first-order valence-corrected chi connectivity index (χ1v) is 7.18. The highest BCUT2D eigenvalue weighted by molar-refractivity contribution is 7.80. The quantitative estimate of drug-likeness (QED) is 0.837. The number of hydrogen-bond donors (Lipinski definition) is 2. The molecule has 6 heteroatoms. The summed E-state index contributed by atoms with van der Waals surface area (Å²) >= 11 is 4.07. The minimum atomic E-state index is -1.10. The van der Waals surface area contributed by atoms with Crippen LogP contribution in [0.1, 0.15) is 12.5 Å². The van der Waals surface area contributed by atoms with E-state index in [4.69, 9.17) is 0 Å². The van der Waals surface area contributed by atoms with Gasteiger partial charge in [-0.1, -0.05) is 19.1 Å². The van der Waals surface area contributed by atoms with Crippen molar-refractivity contribution in [3.8, 4) is 0 Å². The molecule has 4 nitrogen and oxygen atoms in total. The first-order chi connectivity index (χ1) is 9.93. The Morgan fingerprint density at radius 1 is 1.52 bits per heavy atom. The monoisotopic (exact) mass is 309 g/mol. The minimum absolute atomic E-state index is 0.164. The summed E-state index contributed by atoms with van der Waals surface area (Å²) < 4.78 is 13.3. The van der Waals surface area contributed by atoms with Crippen molar-refractivity contribution < 1.29 is 19.1 Å². The van der Waals surface area contributed by atoms with E-state index in [1.54, 1.807) is 19.1 Å². The Hall–Kier alpha value is -1.82. The van der Waals surface area contributed by atoms with Crippen molar-refractivity contribution >= 4 is 30.1 Å². The zero-order chi connectivity index (χ0) is 15.6. The van der Waals surface area contributed by atoms with Crippen LogP contribution in [-0.4, -0.2) is 40.2 Å². The van der Waals surface area contributed by atoms with Crippen LogP contribution < -0.4 is 0 Å². The van der Waals surface area contributed by atoms with Gasteiger partial charge in [0.1, 0.15) is 11.9 Å². The highest BCUT2D eigenvalue weighted by Gasteiger charge is 2.35. The average molecular weight is 309 g/mol. The first-order valence-electron chi connectivity index (χ1n) is 6.54. The van der Waals surface area contributed by atoms with Crippen LogP contribution in [0.4, 0.5) is 4.39 Å². The number of rotatable bonds is 4. The molecule has 0 saturated heterocycles. The molecule has 1 aromatic rings. The van der Waals surface area contributed by atoms with Crippen molar-refractivity contribution in [2.75, 3.05) is 12.3 Å². The Labute approximate surface area is 127 Å². The zero-order valence-electron chi connectivity index (χ0n) is 11.5. The lowest BCUT2D eigenvalue weighted by atomic mass is 10.1. The van der Waals surface area contributed by atoms with Gasteiger partial charge in [-0.2, -0.15) is 12.6 Å². The molecule has 1 aliphatic rings. The molecule has 1 amide bonds. The molecule has 1 heterocycles. The Kier molecular flexibility index (Phi) is 4.67. The molecule has 0 aliphatic carbocycles. The summed E-state index contributed by atoms with van der Waals surface area (Å²) in [7, 11) is 0. The molecule has 1 unspecified atom stereocenters. The fourth-order valence-electron chi connectivity index (χ4n) is 2.27. The van der Waals surface area contributed by atoms with Crippen molar-refractivity contribution in [3.05, 3.63) is 41.7 Å². The van der Waals surface area contributed by atoms with Gasteiger partial charge in [0.05, 0.1) is 0 Å². The molecule has 1 aromatic carbocycles. The predicted molar refractivity (Wildman–Crippen MR) is 80.5 cm³/mol. The van der Waals surface area contributed by atoms with Crippen LogP contribution in [0.2, 0.25) is 0 Å². The second kappa shape index (κ2) is 6.30. The summed E-state index contributed by atoms with van der Waals surface area (Å²) in [5.74, 6) is -1.78. The molecule has 2 atom stereocenters. The summed E-state index contributed by atoms with van der Waals surface area (Å²) in [6, 6.07) is 4.89. The summed E-state index contributed by atoms with van der Waals surface area (Å²) in [6.45, 7) is 1.87. The number of thiol groups is 1. The van der Waals surface area contributed by atoms with Gasteiger partial charge in [0, 0.05) is 18.2 Å². The number of amides is 1. The molecule has 2 rings (SSSR count). The molecule has 0 aromatic heterocycles. The second-order valence-electron chi connectivity index (χ2n) is 5.04. The van der Waals surface area contributed by atoms with Crippen LogP contribution in [0, 0.1) is 11.7 Å². The average Bonchev–Trinajstić information content (AvgIpc) is 2.91. The Balaban J connectivity index is 2.29. The van der Waals surface area contributed by atoms with Crippen molar-refractivity contribution in [1.82, 2.24) is 4.90 Å². The van der Waals surface area contributed by atoms with Gasteiger partial charge in [-0.3, -0.25) is 4.79 Å². The van der Waals surface area contributed by atoms with Crippen molar-refractivity contribution in [2.45, 2.75) is 13.0 Å². The smallest absolute Gasteiger partial charge is 0.330 e. The molecule has 112 valence electrons. The molecule has 0 fully saturated rings. The minimum Gasteiger partial charge on any atom is -0.479 e. The first kappa shape index (κ1) is 15.6. The van der Waals surface area contributed by atoms with Crippen LogP contribution in [0.15, 0.2) is 30.3 Å². The number of benzene rings is 1. The molecule has 21 heavy (non-hydrogen) atoms. The van der Waals surface area contributed by atoms with E-state index in [0.29, 0.717) is 16.9 Å². The van der Waals surface area contributed by atoms with Gasteiger partial charge in [-0.05, 0) is 29.3 Å². The van der Waals surface area contributed by atoms with Gasteiger partial charge in [0.25, 0.3) is 0 Å². The largest absolute Gasteiger partial charge is 0.479 e. The Bertz CT molecular complexity index is 602. The summed E-state index contributed by atoms with van der Waals surface area (Å²) in [4.78, 5) is 24.9. The number of hydrogen-bond acceptors (Lipinski definition) is 3. The molecule has 0 spiro atoms. The van der Waals surface area contributed by atoms with Crippen molar-refractivity contribution in [2.24, 2.45) is 5.92 Å². The molecule has 1 N–H and O–H groups in total. The molecular weight excluding hydrogens is 293 g/mol. The van der Waals surface area contributed by atoms with Crippen LogP contribution in [0.3, 0.4) is 0 Å². The maximum absolute atomic E-state index is 13.3. The number of carbonyl (C=O) groups is 2. The molecule has 1 aliphatic heterocycles. The fourth-order valence-corrected chi connectivity index (χ4v) is 2.43. The third kappa shape index (κ3) is 3.26. The molecular formula is C15H16FNO3S. The number of carbonyl (C=O) groups excluding carboxylic acids is 1. The third-order valence-corrected chi connectivity index (χ3v) is 4.01. The van der Waals surface area contributed by atoms with E-state index in [1.807, 2.05) is 0 Å². The second-order valence-corrected chi connectivity index (χ2v) is 5.40. The lowest BCUT2D eigenvalue weighted by Crippen LogP contribution is -2.43. The molecule has 0 bridgehead atoms. The highest BCUT2D eigenvalue weighted by atomic mass is 32.1.